The number of furan rings is 3. The van der Waals surface area contributed by atoms with Gasteiger partial charge in [-0.3, -0.25) is 0 Å². The Kier molecular flexibility index (Phi) is 4.17. The predicted molar refractivity (Wildman–Crippen MR) is 158 cm³/mol. The third-order valence-corrected chi connectivity index (χ3v) is 8.26. The van der Waals surface area contributed by atoms with Crippen molar-refractivity contribution in [2.45, 2.75) is 12.3 Å². The van der Waals surface area contributed by atoms with E-state index in [0.29, 0.717) is 0 Å². The normalized spacial score (nSPS) is 15.2. The van der Waals surface area contributed by atoms with Crippen LogP contribution in [0.1, 0.15) is 22.8 Å². The van der Waals surface area contributed by atoms with Crippen molar-refractivity contribution in [2.75, 3.05) is 0 Å². The van der Waals surface area contributed by atoms with Crippen molar-refractivity contribution in [1.82, 2.24) is 0 Å². The molecule has 0 amide bonds. The van der Waals surface area contributed by atoms with E-state index < -0.39 is 0 Å². The minimum absolute atomic E-state index is 0.272. The summed E-state index contributed by atoms with van der Waals surface area (Å²) in [7, 11) is 0. The fourth-order valence-corrected chi connectivity index (χ4v) is 6.29. The fourth-order valence-electron chi connectivity index (χ4n) is 6.29. The molecule has 0 fully saturated rings. The van der Waals surface area contributed by atoms with Crippen LogP contribution in [0, 0.1) is 0 Å². The Labute approximate surface area is 223 Å². The first kappa shape index (κ1) is 21.0. The molecule has 1 atom stereocenters. The molecule has 0 saturated carbocycles. The molecule has 1 aliphatic rings. The zero-order valence-electron chi connectivity index (χ0n) is 21.0. The summed E-state index contributed by atoms with van der Waals surface area (Å²) in [6, 6.07) is 36.1. The van der Waals surface area contributed by atoms with E-state index in [1.807, 2.05) is 24.3 Å². The van der Waals surface area contributed by atoms with E-state index in [2.05, 4.69) is 91.0 Å². The standard InChI is InChI=1S/C36H22O3/c1-3-7-31-25(5-1)27-17-21(9-13-33(27)37-31)23-11-15-35-29(19-23)30-20-24(12-16-36(30)39-35)22-10-14-34-28(18-22)26-6-2-4-8-32(26)38-34/h1-19,24H,20H2. The maximum Gasteiger partial charge on any atom is 0.135 e. The smallest absolute Gasteiger partial charge is 0.135 e. The van der Waals surface area contributed by atoms with Gasteiger partial charge in [0.1, 0.15) is 33.7 Å². The first-order chi connectivity index (χ1) is 19.3. The summed E-state index contributed by atoms with van der Waals surface area (Å²) in [6.07, 6.45) is 5.31. The Bertz CT molecular complexity index is 2270. The molecule has 1 unspecified atom stereocenters. The van der Waals surface area contributed by atoms with Crippen LogP contribution in [0.15, 0.2) is 122 Å². The average molecular weight is 503 g/mol. The van der Waals surface area contributed by atoms with Crippen LogP contribution in [0.2, 0.25) is 0 Å². The Balaban J connectivity index is 1.13. The number of para-hydroxylation sites is 2. The topological polar surface area (TPSA) is 39.4 Å². The molecule has 0 spiro atoms. The summed E-state index contributed by atoms with van der Waals surface area (Å²) in [4.78, 5) is 0. The highest BCUT2D eigenvalue weighted by atomic mass is 16.3. The van der Waals surface area contributed by atoms with Crippen molar-refractivity contribution >= 4 is 60.9 Å². The first-order valence-corrected chi connectivity index (χ1v) is 13.3. The molecule has 3 heterocycles. The van der Waals surface area contributed by atoms with E-state index in [1.165, 1.54) is 33.0 Å². The molecule has 0 radical (unpaired) electrons. The van der Waals surface area contributed by atoms with Crippen LogP contribution < -0.4 is 0 Å². The highest BCUT2D eigenvalue weighted by Gasteiger charge is 2.23. The Hall–Kier alpha value is -5.02. The van der Waals surface area contributed by atoms with Crippen LogP contribution in [0.25, 0.3) is 72.0 Å². The molecule has 0 aliphatic heterocycles. The molecule has 0 saturated heterocycles. The van der Waals surface area contributed by atoms with Crippen LogP contribution >= 0.6 is 0 Å². The summed E-state index contributed by atoms with van der Waals surface area (Å²) >= 11 is 0. The Morgan fingerprint density at radius 1 is 0.487 bits per heavy atom. The minimum atomic E-state index is 0.272. The molecule has 39 heavy (non-hydrogen) atoms. The lowest BCUT2D eigenvalue weighted by Gasteiger charge is -2.17. The summed E-state index contributed by atoms with van der Waals surface area (Å²) in [5.74, 6) is 1.23. The summed E-state index contributed by atoms with van der Waals surface area (Å²) in [5.41, 5.74) is 9.54. The van der Waals surface area contributed by atoms with E-state index in [9.17, 15) is 0 Å². The second-order valence-electron chi connectivity index (χ2n) is 10.5. The van der Waals surface area contributed by atoms with Crippen molar-refractivity contribution in [2.24, 2.45) is 0 Å². The van der Waals surface area contributed by atoms with Crippen LogP contribution in [-0.4, -0.2) is 0 Å². The molecule has 1 aliphatic carbocycles. The van der Waals surface area contributed by atoms with E-state index in [0.717, 1.165) is 56.3 Å². The third kappa shape index (κ3) is 3.10. The number of hydrogen-bond donors (Lipinski definition) is 0. The molecular formula is C36H22O3. The number of hydrogen-bond acceptors (Lipinski definition) is 3. The molecule has 3 heteroatoms. The van der Waals surface area contributed by atoms with Gasteiger partial charge in [-0.05, 0) is 77.7 Å². The Morgan fingerprint density at radius 2 is 1.05 bits per heavy atom. The second kappa shape index (κ2) is 7.75. The number of rotatable bonds is 2. The largest absolute Gasteiger partial charge is 0.456 e. The van der Waals surface area contributed by atoms with Gasteiger partial charge in [-0.1, -0.05) is 60.7 Å². The van der Waals surface area contributed by atoms with Gasteiger partial charge in [-0.15, -0.1) is 0 Å². The van der Waals surface area contributed by atoms with E-state index in [-0.39, 0.29) is 5.92 Å². The van der Waals surface area contributed by atoms with Crippen molar-refractivity contribution in [3.63, 3.8) is 0 Å². The second-order valence-corrected chi connectivity index (χ2v) is 10.5. The van der Waals surface area contributed by atoms with Crippen LogP contribution in [0.3, 0.4) is 0 Å². The van der Waals surface area contributed by atoms with Gasteiger partial charge in [0.2, 0.25) is 0 Å². The summed E-state index contributed by atoms with van der Waals surface area (Å²) in [6.45, 7) is 0. The molecule has 3 nitrogen and oxygen atoms in total. The summed E-state index contributed by atoms with van der Waals surface area (Å²) in [5, 5.41) is 5.80. The lowest BCUT2D eigenvalue weighted by atomic mass is 9.86. The fraction of sp³-hybridized carbons (Fsp3) is 0.0556. The third-order valence-electron chi connectivity index (χ3n) is 8.26. The average Bonchev–Trinajstić information content (AvgIpc) is 3.66. The zero-order chi connectivity index (χ0) is 25.5. The van der Waals surface area contributed by atoms with Crippen molar-refractivity contribution in [1.29, 1.82) is 0 Å². The van der Waals surface area contributed by atoms with Gasteiger partial charge in [-0.2, -0.15) is 0 Å². The molecule has 5 aromatic carbocycles. The van der Waals surface area contributed by atoms with Gasteiger partial charge < -0.3 is 13.3 Å². The van der Waals surface area contributed by atoms with Gasteiger partial charge in [0.15, 0.2) is 0 Å². The highest BCUT2D eigenvalue weighted by molar-refractivity contribution is 6.07. The zero-order valence-corrected chi connectivity index (χ0v) is 21.0. The van der Waals surface area contributed by atoms with Gasteiger partial charge in [0.25, 0.3) is 0 Å². The predicted octanol–water partition coefficient (Wildman–Crippen LogP) is 10.3. The quantitative estimate of drug-likeness (QED) is 0.236. The van der Waals surface area contributed by atoms with Gasteiger partial charge in [0, 0.05) is 38.4 Å². The van der Waals surface area contributed by atoms with Crippen LogP contribution in [-0.2, 0) is 6.42 Å². The monoisotopic (exact) mass is 502 g/mol. The van der Waals surface area contributed by atoms with Crippen molar-refractivity contribution in [3.05, 3.63) is 126 Å². The minimum Gasteiger partial charge on any atom is -0.456 e. The number of fused-ring (bicyclic) bond motifs is 9. The Morgan fingerprint density at radius 3 is 1.77 bits per heavy atom. The maximum absolute atomic E-state index is 6.28. The van der Waals surface area contributed by atoms with Gasteiger partial charge >= 0.3 is 0 Å². The number of allylic oxidation sites excluding steroid dienone is 1. The van der Waals surface area contributed by atoms with Gasteiger partial charge in [0.05, 0.1) is 0 Å². The molecule has 0 bridgehead atoms. The molecule has 9 rings (SSSR count). The molecule has 3 aromatic heterocycles. The molecular weight excluding hydrogens is 480 g/mol. The van der Waals surface area contributed by atoms with Crippen molar-refractivity contribution < 1.29 is 13.3 Å². The van der Waals surface area contributed by atoms with E-state index >= 15 is 0 Å². The van der Waals surface area contributed by atoms with E-state index in [4.69, 9.17) is 13.3 Å². The first-order valence-electron chi connectivity index (χ1n) is 13.3. The molecule has 0 N–H and O–H groups in total. The maximum atomic E-state index is 6.28. The highest BCUT2D eigenvalue weighted by Crippen LogP contribution is 2.40. The lowest BCUT2D eigenvalue weighted by molar-refractivity contribution is 0.591. The molecule has 8 aromatic rings. The summed E-state index contributed by atoms with van der Waals surface area (Å²) < 4.78 is 18.4. The van der Waals surface area contributed by atoms with Gasteiger partial charge in [-0.25, -0.2) is 0 Å². The van der Waals surface area contributed by atoms with E-state index in [1.54, 1.807) is 0 Å². The van der Waals surface area contributed by atoms with Crippen LogP contribution in [0.5, 0.6) is 0 Å². The van der Waals surface area contributed by atoms with Crippen molar-refractivity contribution in [3.8, 4) is 11.1 Å². The van der Waals surface area contributed by atoms with Crippen LogP contribution in [0.4, 0.5) is 0 Å². The SMILES string of the molecule is C1=CC(c2ccc3oc4ccccc4c3c2)Cc2c1oc1ccc(-c3ccc4oc5ccccc5c4c3)cc21. The molecule has 184 valence electrons. The lowest BCUT2D eigenvalue weighted by Crippen LogP contribution is -2.04. The number of benzene rings is 5.